The monoisotopic (exact) mass is 388 g/mol. The standard InChI is InChI=1S/C18H17FN4O3S/c1-10-15(27-9-20-10)17(25)22-6-4-12(5-7-22)23-16(24)13-8-11(19)2-3-14(13)21-18(23)26/h2-3,8-9,12H,4-7H2,1H3,(H,21,26). The Morgan fingerprint density at radius 1 is 1.30 bits per heavy atom. The highest BCUT2D eigenvalue weighted by Crippen LogP contribution is 2.24. The Bertz CT molecular complexity index is 1140. The van der Waals surface area contributed by atoms with Crippen LogP contribution in [-0.2, 0) is 0 Å². The second kappa shape index (κ2) is 6.73. The largest absolute Gasteiger partial charge is 0.338 e. The summed E-state index contributed by atoms with van der Waals surface area (Å²) in [5.41, 5.74) is 1.65. The van der Waals surface area contributed by atoms with E-state index in [4.69, 9.17) is 0 Å². The van der Waals surface area contributed by atoms with Crippen molar-refractivity contribution in [2.24, 2.45) is 0 Å². The van der Waals surface area contributed by atoms with Crippen LogP contribution in [0.25, 0.3) is 10.9 Å². The first-order valence-electron chi connectivity index (χ1n) is 8.59. The zero-order valence-electron chi connectivity index (χ0n) is 14.6. The van der Waals surface area contributed by atoms with Gasteiger partial charge in [0.25, 0.3) is 11.5 Å². The van der Waals surface area contributed by atoms with Crippen LogP contribution in [0.5, 0.6) is 0 Å². The van der Waals surface area contributed by atoms with E-state index in [0.717, 1.165) is 10.6 Å². The molecule has 0 saturated carbocycles. The molecule has 1 fully saturated rings. The highest BCUT2D eigenvalue weighted by Gasteiger charge is 2.28. The molecule has 27 heavy (non-hydrogen) atoms. The highest BCUT2D eigenvalue weighted by molar-refractivity contribution is 7.11. The van der Waals surface area contributed by atoms with Gasteiger partial charge in [0.05, 0.1) is 22.1 Å². The number of hydrogen-bond donors (Lipinski definition) is 1. The molecule has 7 nitrogen and oxygen atoms in total. The van der Waals surface area contributed by atoms with Crippen LogP contribution in [-0.4, -0.2) is 38.4 Å². The van der Waals surface area contributed by atoms with Gasteiger partial charge in [-0.3, -0.25) is 14.2 Å². The summed E-state index contributed by atoms with van der Waals surface area (Å²) >= 11 is 1.31. The quantitative estimate of drug-likeness (QED) is 0.728. The molecule has 9 heteroatoms. The number of thiazole rings is 1. The van der Waals surface area contributed by atoms with Gasteiger partial charge in [0, 0.05) is 19.1 Å². The molecular formula is C18H17FN4O3S. The molecule has 0 bridgehead atoms. The van der Waals surface area contributed by atoms with E-state index in [9.17, 15) is 18.8 Å². The summed E-state index contributed by atoms with van der Waals surface area (Å²) in [5, 5.41) is 0.147. The van der Waals surface area contributed by atoms with Gasteiger partial charge in [-0.1, -0.05) is 0 Å². The number of hydrogen-bond acceptors (Lipinski definition) is 5. The van der Waals surface area contributed by atoms with E-state index in [-0.39, 0.29) is 17.3 Å². The SMILES string of the molecule is Cc1ncsc1C(=O)N1CCC(n2c(=O)[nH]c3ccc(F)cc3c2=O)CC1. The number of nitrogens with one attached hydrogen (secondary N) is 1. The van der Waals surface area contributed by atoms with Crippen LogP contribution in [0.15, 0.2) is 33.3 Å². The number of benzene rings is 1. The third-order valence-corrected chi connectivity index (χ3v) is 5.86. The lowest BCUT2D eigenvalue weighted by Crippen LogP contribution is -2.45. The van der Waals surface area contributed by atoms with Crippen LogP contribution >= 0.6 is 11.3 Å². The molecule has 1 N–H and O–H groups in total. The molecule has 0 spiro atoms. The lowest BCUT2D eigenvalue weighted by Gasteiger charge is -2.32. The zero-order valence-corrected chi connectivity index (χ0v) is 15.4. The summed E-state index contributed by atoms with van der Waals surface area (Å²) in [6.07, 6.45) is 0.959. The van der Waals surface area contributed by atoms with Crippen LogP contribution in [0.3, 0.4) is 0 Å². The number of carbonyl (C=O) groups is 1. The van der Waals surface area contributed by atoms with E-state index in [1.165, 1.54) is 23.5 Å². The van der Waals surface area contributed by atoms with Gasteiger partial charge in [0.2, 0.25) is 0 Å². The van der Waals surface area contributed by atoms with Crippen LogP contribution in [0.2, 0.25) is 0 Å². The fraction of sp³-hybridized carbons (Fsp3) is 0.333. The minimum atomic E-state index is -0.529. The van der Waals surface area contributed by atoms with Gasteiger partial charge < -0.3 is 9.88 Å². The molecule has 140 valence electrons. The number of nitrogens with zero attached hydrogens (tertiary/aromatic N) is 3. The summed E-state index contributed by atoms with van der Waals surface area (Å²) in [7, 11) is 0. The maximum atomic E-state index is 13.5. The predicted octanol–water partition coefficient (Wildman–Crippen LogP) is 2.07. The van der Waals surface area contributed by atoms with Gasteiger partial charge in [-0.05, 0) is 38.0 Å². The van der Waals surface area contributed by atoms with Crippen molar-refractivity contribution in [1.29, 1.82) is 0 Å². The van der Waals surface area contributed by atoms with Crippen molar-refractivity contribution in [3.8, 4) is 0 Å². The van der Waals surface area contributed by atoms with Gasteiger partial charge in [-0.2, -0.15) is 0 Å². The number of amides is 1. The number of rotatable bonds is 2. The summed E-state index contributed by atoms with van der Waals surface area (Å²) in [4.78, 5) is 46.8. The molecule has 0 aliphatic carbocycles. The zero-order chi connectivity index (χ0) is 19.1. The fourth-order valence-electron chi connectivity index (χ4n) is 3.51. The first kappa shape index (κ1) is 17.6. The Balaban J connectivity index is 1.60. The molecule has 2 aromatic heterocycles. The smallest absolute Gasteiger partial charge is 0.329 e. The molecule has 1 saturated heterocycles. The minimum Gasteiger partial charge on any atom is -0.338 e. The number of likely N-dealkylation sites (tertiary alicyclic amines) is 1. The van der Waals surface area contributed by atoms with E-state index in [0.29, 0.717) is 42.0 Å². The van der Waals surface area contributed by atoms with E-state index >= 15 is 0 Å². The van der Waals surface area contributed by atoms with Crippen LogP contribution in [0.4, 0.5) is 4.39 Å². The van der Waals surface area contributed by atoms with Crippen LogP contribution in [0.1, 0.15) is 34.2 Å². The fourth-order valence-corrected chi connectivity index (χ4v) is 4.28. The Kier molecular flexibility index (Phi) is 4.39. The number of aryl methyl sites for hydroxylation is 1. The van der Waals surface area contributed by atoms with E-state index in [1.54, 1.807) is 17.3 Å². The Hall–Kier alpha value is -2.81. The van der Waals surface area contributed by atoms with Crippen molar-refractivity contribution >= 4 is 28.1 Å². The van der Waals surface area contributed by atoms with Crippen molar-refractivity contribution in [3.63, 3.8) is 0 Å². The summed E-state index contributed by atoms with van der Waals surface area (Å²) in [5.74, 6) is -0.603. The molecule has 0 atom stereocenters. The summed E-state index contributed by atoms with van der Waals surface area (Å²) in [6.45, 7) is 2.67. The van der Waals surface area contributed by atoms with E-state index in [2.05, 4.69) is 9.97 Å². The first-order chi connectivity index (χ1) is 13.0. The highest BCUT2D eigenvalue weighted by atomic mass is 32.1. The maximum absolute atomic E-state index is 13.5. The number of aromatic amines is 1. The van der Waals surface area contributed by atoms with Crippen molar-refractivity contribution in [1.82, 2.24) is 19.4 Å². The van der Waals surface area contributed by atoms with Gasteiger partial charge >= 0.3 is 5.69 Å². The lowest BCUT2D eigenvalue weighted by atomic mass is 10.0. The van der Waals surface area contributed by atoms with Crippen molar-refractivity contribution in [3.05, 3.63) is 60.9 Å². The summed E-state index contributed by atoms with van der Waals surface area (Å²) in [6, 6.07) is 3.39. The molecule has 1 aliphatic rings. The molecule has 0 radical (unpaired) electrons. The van der Waals surface area contributed by atoms with Gasteiger partial charge in [-0.15, -0.1) is 11.3 Å². The molecule has 1 aliphatic heterocycles. The van der Waals surface area contributed by atoms with Gasteiger partial charge in [-0.25, -0.2) is 14.2 Å². The molecule has 1 amide bonds. The minimum absolute atomic E-state index is 0.0738. The normalized spacial score (nSPS) is 15.4. The lowest BCUT2D eigenvalue weighted by molar-refractivity contribution is 0.0696. The number of aromatic nitrogens is 3. The maximum Gasteiger partial charge on any atom is 0.329 e. The van der Waals surface area contributed by atoms with Gasteiger partial charge in [0.15, 0.2) is 0 Å². The van der Waals surface area contributed by atoms with E-state index < -0.39 is 17.1 Å². The Morgan fingerprint density at radius 3 is 2.70 bits per heavy atom. The van der Waals surface area contributed by atoms with Gasteiger partial charge in [0.1, 0.15) is 10.7 Å². The molecule has 4 rings (SSSR count). The topological polar surface area (TPSA) is 88.1 Å². The van der Waals surface area contributed by atoms with E-state index in [1.807, 2.05) is 0 Å². The number of piperidine rings is 1. The molecule has 0 unspecified atom stereocenters. The number of carbonyl (C=O) groups excluding carboxylic acids is 1. The van der Waals surface area contributed by atoms with Crippen molar-refractivity contribution in [2.75, 3.05) is 13.1 Å². The predicted molar refractivity (Wildman–Crippen MR) is 99.8 cm³/mol. The number of H-pyrrole nitrogens is 1. The van der Waals surface area contributed by atoms with Crippen molar-refractivity contribution in [2.45, 2.75) is 25.8 Å². The second-order valence-corrected chi connectivity index (χ2v) is 7.44. The van der Waals surface area contributed by atoms with Crippen molar-refractivity contribution < 1.29 is 9.18 Å². The molecule has 3 aromatic rings. The molecular weight excluding hydrogens is 371 g/mol. The third-order valence-electron chi connectivity index (χ3n) is 4.95. The molecule has 1 aromatic carbocycles. The first-order valence-corrected chi connectivity index (χ1v) is 9.47. The third kappa shape index (κ3) is 3.08. The molecule has 3 heterocycles. The van der Waals surface area contributed by atoms with Crippen LogP contribution < -0.4 is 11.2 Å². The van der Waals surface area contributed by atoms with Crippen LogP contribution in [0, 0.1) is 12.7 Å². The Morgan fingerprint density at radius 2 is 2.04 bits per heavy atom. The summed E-state index contributed by atoms with van der Waals surface area (Å²) < 4.78 is 14.7. The average Bonchev–Trinajstić information content (AvgIpc) is 3.08. The number of halogens is 1. The number of fused-ring (bicyclic) bond motifs is 1. The second-order valence-electron chi connectivity index (χ2n) is 6.59. The Labute approximate surface area is 157 Å². The average molecular weight is 388 g/mol.